The summed E-state index contributed by atoms with van der Waals surface area (Å²) in [5, 5.41) is 11.5. The average Bonchev–Trinajstić information content (AvgIpc) is 2.09. The molecule has 0 saturated heterocycles. The molecule has 1 atom stereocenters. The molecule has 4 N–H and O–H groups in total. The van der Waals surface area contributed by atoms with Crippen LogP contribution in [-0.2, 0) is 9.53 Å². The maximum Gasteiger partial charge on any atom is 0.323 e. The molecule has 0 radical (unpaired) electrons. The summed E-state index contributed by atoms with van der Waals surface area (Å²) in [6.07, 6.45) is 0.509. The number of esters is 1. The van der Waals surface area contributed by atoms with Crippen molar-refractivity contribution in [2.75, 3.05) is 19.7 Å². The summed E-state index contributed by atoms with van der Waals surface area (Å²) >= 11 is 0. The zero-order valence-corrected chi connectivity index (χ0v) is 9.75. The van der Waals surface area contributed by atoms with Crippen LogP contribution in [0.3, 0.4) is 0 Å². The van der Waals surface area contributed by atoms with E-state index < -0.39 is 11.6 Å². The van der Waals surface area contributed by atoms with Gasteiger partial charge in [0.05, 0.1) is 6.61 Å². The van der Waals surface area contributed by atoms with Crippen LogP contribution in [0.5, 0.6) is 0 Å². The Morgan fingerprint density at radius 1 is 1.53 bits per heavy atom. The average molecular weight is 218 g/mol. The smallest absolute Gasteiger partial charge is 0.323 e. The third-order valence-corrected chi connectivity index (χ3v) is 1.65. The van der Waals surface area contributed by atoms with Crippen LogP contribution in [0, 0.1) is 0 Å². The molecule has 0 amide bonds. The van der Waals surface area contributed by atoms with Crippen LogP contribution < -0.4 is 11.1 Å². The lowest BCUT2D eigenvalue weighted by Gasteiger charge is -2.24. The number of aliphatic hydroxyl groups excluding tert-OH is 1. The van der Waals surface area contributed by atoms with E-state index >= 15 is 0 Å². The molecule has 0 spiro atoms. The zero-order valence-electron chi connectivity index (χ0n) is 9.75. The van der Waals surface area contributed by atoms with Gasteiger partial charge in [-0.1, -0.05) is 0 Å². The topological polar surface area (TPSA) is 84.6 Å². The van der Waals surface area contributed by atoms with Crippen molar-refractivity contribution in [3.63, 3.8) is 0 Å². The molecule has 15 heavy (non-hydrogen) atoms. The molecule has 5 nitrogen and oxygen atoms in total. The highest BCUT2D eigenvalue weighted by atomic mass is 16.6. The fraction of sp³-hybridized carbons (Fsp3) is 0.900. The summed E-state index contributed by atoms with van der Waals surface area (Å²) in [7, 11) is 0. The quantitative estimate of drug-likeness (QED) is 0.530. The Labute approximate surface area is 91.0 Å². The van der Waals surface area contributed by atoms with Crippen LogP contribution >= 0.6 is 0 Å². The molecule has 0 saturated carbocycles. The third-order valence-electron chi connectivity index (χ3n) is 1.65. The first kappa shape index (κ1) is 14.3. The first-order valence-corrected chi connectivity index (χ1v) is 5.18. The van der Waals surface area contributed by atoms with Gasteiger partial charge < -0.3 is 20.9 Å². The lowest BCUT2D eigenvalue weighted by Crippen LogP contribution is -2.43. The zero-order chi connectivity index (χ0) is 11.9. The number of nitrogens with two attached hydrogens (primary N) is 1. The Morgan fingerprint density at radius 2 is 2.13 bits per heavy atom. The Kier molecular flexibility index (Phi) is 6.47. The standard InChI is InChI=1S/C10H22N2O3/c1-10(2,3)15-9(14)8(4-5-11)12-6-7-13/h8,12-13H,4-7,11H2,1-3H3. The molecule has 0 aliphatic carbocycles. The molecule has 0 aromatic rings. The van der Waals surface area contributed by atoms with Crippen molar-refractivity contribution in [2.45, 2.75) is 38.8 Å². The van der Waals surface area contributed by atoms with Crippen LogP contribution in [0.1, 0.15) is 27.2 Å². The number of carbonyl (C=O) groups excluding carboxylic acids is 1. The molecule has 0 aliphatic rings. The number of hydrogen-bond acceptors (Lipinski definition) is 5. The molecule has 0 fully saturated rings. The van der Waals surface area contributed by atoms with Gasteiger partial charge in [-0.15, -0.1) is 0 Å². The maximum absolute atomic E-state index is 11.6. The predicted octanol–water partition coefficient (Wildman–Crippen LogP) is -0.373. The van der Waals surface area contributed by atoms with E-state index in [9.17, 15) is 4.79 Å². The van der Waals surface area contributed by atoms with Crippen molar-refractivity contribution in [2.24, 2.45) is 5.73 Å². The molecule has 90 valence electrons. The summed E-state index contributed by atoms with van der Waals surface area (Å²) < 4.78 is 5.21. The third kappa shape index (κ3) is 7.30. The van der Waals surface area contributed by atoms with Crippen molar-refractivity contribution in [3.05, 3.63) is 0 Å². The number of aliphatic hydroxyl groups is 1. The van der Waals surface area contributed by atoms with Gasteiger partial charge in [0.25, 0.3) is 0 Å². The van der Waals surface area contributed by atoms with Crippen LogP contribution in [0.25, 0.3) is 0 Å². The molecule has 0 bridgehead atoms. The van der Waals surface area contributed by atoms with Crippen molar-refractivity contribution < 1.29 is 14.6 Å². The SMILES string of the molecule is CC(C)(C)OC(=O)C(CCN)NCCO. The van der Waals surface area contributed by atoms with Crippen molar-refractivity contribution in [3.8, 4) is 0 Å². The molecule has 0 aromatic carbocycles. The molecular weight excluding hydrogens is 196 g/mol. The predicted molar refractivity (Wildman–Crippen MR) is 58.4 cm³/mol. The van der Waals surface area contributed by atoms with Gasteiger partial charge >= 0.3 is 5.97 Å². The van der Waals surface area contributed by atoms with E-state index in [0.717, 1.165) is 0 Å². The summed E-state index contributed by atoms with van der Waals surface area (Å²) in [6, 6.07) is -0.429. The molecule has 0 aliphatic heterocycles. The van der Waals surface area contributed by atoms with Gasteiger partial charge in [0.2, 0.25) is 0 Å². The Morgan fingerprint density at radius 3 is 2.53 bits per heavy atom. The van der Waals surface area contributed by atoms with Crippen LogP contribution in [0.15, 0.2) is 0 Å². The number of nitrogens with one attached hydrogen (secondary N) is 1. The Hall–Kier alpha value is -0.650. The molecule has 0 heterocycles. The van der Waals surface area contributed by atoms with Gasteiger partial charge in [-0.3, -0.25) is 4.79 Å². The number of ether oxygens (including phenoxy) is 1. The fourth-order valence-electron chi connectivity index (χ4n) is 1.08. The molecule has 5 heteroatoms. The number of hydrogen-bond donors (Lipinski definition) is 3. The number of carbonyl (C=O) groups is 1. The van der Waals surface area contributed by atoms with Gasteiger partial charge in [-0.25, -0.2) is 0 Å². The van der Waals surface area contributed by atoms with E-state index in [-0.39, 0.29) is 12.6 Å². The lowest BCUT2D eigenvalue weighted by atomic mass is 10.1. The van der Waals surface area contributed by atoms with Crippen molar-refractivity contribution >= 4 is 5.97 Å². The highest BCUT2D eigenvalue weighted by Crippen LogP contribution is 2.09. The van der Waals surface area contributed by atoms with Crippen molar-refractivity contribution in [1.82, 2.24) is 5.32 Å². The number of rotatable bonds is 6. The van der Waals surface area contributed by atoms with Gasteiger partial charge in [0.1, 0.15) is 11.6 Å². The van der Waals surface area contributed by atoms with Gasteiger partial charge in [-0.2, -0.15) is 0 Å². The highest BCUT2D eigenvalue weighted by molar-refractivity contribution is 5.76. The molecule has 0 aromatic heterocycles. The highest BCUT2D eigenvalue weighted by Gasteiger charge is 2.23. The minimum atomic E-state index is -0.495. The summed E-state index contributed by atoms with van der Waals surface area (Å²) in [6.45, 7) is 6.21. The second-order valence-corrected chi connectivity index (χ2v) is 4.34. The Balaban J connectivity index is 4.15. The minimum absolute atomic E-state index is 0.0101. The molecular formula is C10H22N2O3. The van der Waals surface area contributed by atoms with Crippen molar-refractivity contribution in [1.29, 1.82) is 0 Å². The van der Waals surface area contributed by atoms with E-state index in [1.165, 1.54) is 0 Å². The second-order valence-electron chi connectivity index (χ2n) is 4.34. The minimum Gasteiger partial charge on any atom is -0.459 e. The summed E-state index contributed by atoms with van der Waals surface area (Å²) in [5.41, 5.74) is 4.90. The fourth-order valence-corrected chi connectivity index (χ4v) is 1.08. The van der Waals surface area contributed by atoms with Gasteiger partial charge in [0.15, 0.2) is 0 Å². The van der Waals surface area contributed by atoms with E-state index in [4.69, 9.17) is 15.6 Å². The maximum atomic E-state index is 11.6. The van der Waals surface area contributed by atoms with E-state index in [1.54, 1.807) is 0 Å². The largest absolute Gasteiger partial charge is 0.459 e. The van der Waals surface area contributed by atoms with E-state index in [1.807, 2.05) is 20.8 Å². The lowest BCUT2D eigenvalue weighted by molar-refractivity contribution is -0.157. The van der Waals surface area contributed by atoms with Crippen LogP contribution in [0.2, 0.25) is 0 Å². The monoisotopic (exact) mass is 218 g/mol. The Bertz CT molecular complexity index is 190. The summed E-state index contributed by atoms with van der Waals surface area (Å²) in [4.78, 5) is 11.6. The van der Waals surface area contributed by atoms with E-state index in [2.05, 4.69) is 5.32 Å². The van der Waals surface area contributed by atoms with Crippen LogP contribution in [-0.4, -0.2) is 42.4 Å². The second kappa shape index (κ2) is 6.76. The first-order valence-electron chi connectivity index (χ1n) is 5.18. The van der Waals surface area contributed by atoms with Gasteiger partial charge in [-0.05, 0) is 33.7 Å². The molecule has 0 rings (SSSR count). The normalized spacial score (nSPS) is 13.7. The van der Waals surface area contributed by atoms with Crippen LogP contribution in [0.4, 0.5) is 0 Å². The van der Waals surface area contributed by atoms with Gasteiger partial charge in [0, 0.05) is 6.54 Å². The molecule has 1 unspecified atom stereocenters. The first-order chi connectivity index (χ1) is 6.90. The summed E-state index contributed by atoms with van der Waals surface area (Å²) in [5.74, 6) is -0.318. The van der Waals surface area contributed by atoms with E-state index in [0.29, 0.717) is 19.5 Å².